The lowest BCUT2D eigenvalue weighted by Crippen LogP contribution is -2.42. The molecule has 5 saturated heterocycles. The maximum atomic E-state index is 13.2. The monoisotopic (exact) mass is 1890 g/mol. The molecule has 5 unspecified atom stereocenters. The highest BCUT2D eigenvalue weighted by molar-refractivity contribution is 5.95. The van der Waals surface area contributed by atoms with E-state index in [1.54, 1.807) is 105 Å². The summed E-state index contributed by atoms with van der Waals surface area (Å²) in [4.78, 5) is 109. The zero-order chi connectivity index (χ0) is 97.3. The molecule has 4 aliphatic carbocycles. The van der Waals surface area contributed by atoms with Gasteiger partial charge in [0.2, 0.25) is 23.6 Å². The average molecular weight is 1900 g/mol. The molecule has 5 aromatic heterocycles. The Morgan fingerprint density at radius 2 is 0.639 bits per heavy atom. The van der Waals surface area contributed by atoms with Crippen molar-refractivity contribution in [1.82, 2.24) is 44.9 Å². The highest BCUT2D eigenvalue weighted by Crippen LogP contribution is 2.39. The number of hydrogen-bond donors (Lipinski definition) is 8. The molecule has 0 bridgehead atoms. The van der Waals surface area contributed by atoms with Crippen molar-refractivity contribution in [2.24, 2.45) is 29.4 Å². The number of nitrogen functional groups attached to an aromatic ring is 1. The molecule has 42 heteroatoms. The highest BCUT2D eigenvalue weighted by Gasteiger charge is 2.42. The number of halogens is 11. The van der Waals surface area contributed by atoms with Crippen LogP contribution < -0.4 is 38.1 Å². The highest BCUT2D eigenvalue weighted by atomic mass is 19.4. The van der Waals surface area contributed by atoms with Crippen LogP contribution in [0.4, 0.5) is 91.8 Å². The number of pyridine rings is 5. The Hall–Kier alpha value is -9.85. The number of nitrogens with two attached hydrogens (primary N) is 2. The molecule has 7 amide bonds. The van der Waals surface area contributed by atoms with Crippen LogP contribution in [0.5, 0.6) is 0 Å². The van der Waals surface area contributed by atoms with Gasteiger partial charge in [-0.25, -0.2) is 48.1 Å². The van der Waals surface area contributed by atoms with Crippen molar-refractivity contribution in [3.05, 3.63) is 117 Å². The van der Waals surface area contributed by atoms with E-state index < -0.39 is 92.8 Å². The van der Waals surface area contributed by atoms with Gasteiger partial charge in [0.15, 0.2) is 0 Å². The second-order valence-corrected chi connectivity index (χ2v) is 37.0. The van der Waals surface area contributed by atoms with Crippen molar-refractivity contribution in [2.75, 3.05) is 126 Å². The Kier molecular flexibility index (Phi) is 39.0. The summed E-state index contributed by atoms with van der Waals surface area (Å²) >= 11 is 0. The Morgan fingerprint density at radius 3 is 0.872 bits per heavy atom. The lowest BCUT2D eigenvalue weighted by molar-refractivity contribution is -0.146. The maximum Gasteiger partial charge on any atom is 0.410 e. The third-order valence-electron chi connectivity index (χ3n) is 21.5. The molecule has 0 aromatic carbocycles. The number of carbonyl (C=O) groups excluding carboxylic acids is 7. The van der Waals surface area contributed by atoms with E-state index in [9.17, 15) is 87.0 Å². The number of aromatic nitrogens is 5. The number of aliphatic hydroxyl groups is 1. The topological polar surface area (TPSA) is 400 Å². The van der Waals surface area contributed by atoms with Crippen LogP contribution in [0.2, 0.25) is 0 Å². The van der Waals surface area contributed by atoms with E-state index in [-0.39, 0.29) is 115 Å². The van der Waals surface area contributed by atoms with Gasteiger partial charge in [-0.05, 0) is 210 Å². The molecule has 5 aliphatic heterocycles. The van der Waals surface area contributed by atoms with Crippen LogP contribution >= 0.6 is 0 Å². The normalized spacial score (nSPS) is 19.4. The van der Waals surface area contributed by atoms with Crippen molar-refractivity contribution < 1.29 is 125 Å². The third-order valence-corrected chi connectivity index (χ3v) is 21.5. The Labute approximate surface area is 766 Å². The number of anilines is 5. The number of carbonyl (C=O) groups is 7. The van der Waals surface area contributed by atoms with Gasteiger partial charge >= 0.3 is 36.8 Å². The molecule has 10 N–H and O–H groups in total. The molecule has 5 aromatic rings. The molecule has 738 valence electrons. The maximum absolute atomic E-state index is 13.2. The summed E-state index contributed by atoms with van der Waals surface area (Å²) in [5, 5.41) is 23.2. The quantitative estimate of drug-likeness (QED) is 0.0179. The molecule has 0 radical (unpaired) electrons. The van der Waals surface area contributed by atoms with Gasteiger partial charge in [-0.2, -0.15) is 39.5 Å². The summed E-state index contributed by atoms with van der Waals surface area (Å²) in [6.45, 7) is 17.0. The standard InChI is InChI=1S/2C21H28F3N3O4.C17H24F3N3O3.C16H21F2N3O2.C14H18N2O3.C2H7N/c2*1-20(2,3)31-19(29)27(12-21(22,23)24)10-16-15(14-8-9-30-11-14)6-7-17(25-16)26-18(28)13-4-5-13;1-16(2,3)26-15(24)23(10-17(18,19)20)8-13-12(4-5-14(21)22-13)11-6-7-25-9-11;17-14(18)8-19-7-13-12(11-5-6-23-9-11)3-4-15(20-13)21-16(22)10-1-2-10;17-7-12-11(10-5-6-19-8-10)3-4-13(15-12)16-14(18)9-1-2-9;1-2-3/h2*6-7,13-14H,4-5,8-12H2,1-3H3,(H,25,26,28);4-5,11H,6-10H2,1-3H3,(H2,21,22);3-4,10-11,14,19H,1-2,5-9H2,(H,20,21,22);3-4,9-10,17H,1-2,5-8H2,(H,15,16,18);2-3H2,1H3. The number of alkyl halides is 11. The Balaban J connectivity index is 0.000000187. The Bertz CT molecular complexity index is 4510. The largest absolute Gasteiger partial charge is 0.444 e. The zero-order valence-electron chi connectivity index (χ0n) is 76.8. The number of hydrogen-bond acceptors (Lipinski definition) is 24. The zero-order valence-corrected chi connectivity index (χ0v) is 76.8. The first-order valence-electron chi connectivity index (χ1n) is 44.9. The van der Waals surface area contributed by atoms with Crippen LogP contribution in [0, 0.1) is 23.7 Å². The SMILES string of the molecule is CC(C)(C)OC(=O)N(Cc1nc(N)ccc1C1CCOC1)CC(F)(F)F.CC(C)(C)OC(=O)N(Cc1nc(NC(=O)C2CC2)ccc1C1CCOC1)CC(F)(F)F.CC(C)(C)OC(=O)N(Cc1nc(NC(=O)C2CC2)ccc1C1CCOC1)CC(F)(F)F.CCN.O=C(Nc1ccc(C2CCOC2)c(CNCC(F)F)n1)C1CC1.O=C(Nc1ccc(C2CCOC2)c(CO)n1)C1CC1. The molecule has 14 rings (SSSR count). The van der Waals surface area contributed by atoms with Gasteiger partial charge in [-0.15, -0.1) is 0 Å². The summed E-state index contributed by atoms with van der Waals surface area (Å²) in [6.07, 6.45) is -8.33. The van der Waals surface area contributed by atoms with Crippen LogP contribution in [0.1, 0.15) is 239 Å². The van der Waals surface area contributed by atoms with Crippen LogP contribution in [0.25, 0.3) is 0 Å². The fourth-order valence-corrected chi connectivity index (χ4v) is 14.6. The van der Waals surface area contributed by atoms with Crippen molar-refractivity contribution in [2.45, 2.75) is 257 Å². The van der Waals surface area contributed by atoms with Gasteiger partial charge in [0.25, 0.3) is 6.43 Å². The minimum absolute atomic E-state index is 0.0130. The summed E-state index contributed by atoms with van der Waals surface area (Å²) in [7, 11) is 0. The van der Waals surface area contributed by atoms with E-state index in [4.69, 9.17) is 49.4 Å². The molecule has 133 heavy (non-hydrogen) atoms. The van der Waals surface area contributed by atoms with E-state index in [1.165, 1.54) is 0 Å². The summed E-state index contributed by atoms with van der Waals surface area (Å²) < 4.78 is 185. The van der Waals surface area contributed by atoms with E-state index in [0.717, 1.165) is 100 Å². The second kappa shape index (κ2) is 48.6. The molecular weight excluding hydrogens is 1770 g/mol. The minimum Gasteiger partial charge on any atom is -0.444 e. The lowest BCUT2D eigenvalue weighted by atomic mass is 9.96. The Morgan fingerprint density at radius 1 is 0.398 bits per heavy atom. The van der Waals surface area contributed by atoms with Crippen LogP contribution in [0.3, 0.4) is 0 Å². The molecule has 4 saturated carbocycles. The molecular formula is C91H126F11N15O16. The van der Waals surface area contributed by atoms with Crippen molar-refractivity contribution in [1.29, 1.82) is 0 Å². The van der Waals surface area contributed by atoms with Crippen molar-refractivity contribution in [3.63, 3.8) is 0 Å². The van der Waals surface area contributed by atoms with Gasteiger partial charge in [0, 0.05) is 92.8 Å². The van der Waals surface area contributed by atoms with E-state index in [0.29, 0.717) is 144 Å². The molecule has 9 aliphatic rings. The number of ether oxygens (including phenoxy) is 8. The number of rotatable bonds is 27. The first-order chi connectivity index (χ1) is 62.6. The van der Waals surface area contributed by atoms with Crippen molar-refractivity contribution >= 4 is 71.0 Å². The predicted molar refractivity (Wildman–Crippen MR) is 468 cm³/mol. The van der Waals surface area contributed by atoms with E-state index >= 15 is 0 Å². The van der Waals surface area contributed by atoms with E-state index in [2.05, 4.69) is 51.5 Å². The predicted octanol–water partition coefficient (Wildman–Crippen LogP) is 15.6. The second-order valence-electron chi connectivity index (χ2n) is 37.0. The van der Waals surface area contributed by atoms with Crippen LogP contribution in [-0.2, 0) is 89.9 Å². The van der Waals surface area contributed by atoms with Gasteiger partial charge in [-0.3, -0.25) is 33.9 Å². The van der Waals surface area contributed by atoms with Crippen LogP contribution in [-0.4, -0.2) is 227 Å². The molecule has 9 fully saturated rings. The number of nitrogens with one attached hydrogen (secondary N) is 5. The van der Waals surface area contributed by atoms with Gasteiger partial charge < -0.3 is 81.1 Å². The molecule has 0 spiro atoms. The third kappa shape index (κ3) is 37.7. The number of amides is 7. The van der Waals surface area contributed by atoms with Crippen LogP contribution in [0.15, 0.2) is 60.7 Å². The van der Waals surface area contributed by atoms with Crippen molar-refractivity contribution in [3.8, 4) is 0 Å². The average Bonchev–Trinajstić information content (AvgIpc) is 1.81. The summed E-state index contributed by atoms with van der Waals surface area (Å²) in [5.74, 6) is 2.06. The number of nitrogens with zero attached hydrogens (tertiary/aromatic N) is 8. The summed E-state index contributed by atoms with van der Waals surface area (Å²) in [6, 6.07) is 17.6. The number of aliphatic hydroxyl groups excluding tert-OH is 1. The van der Waals surface area contributed by atoms with Gasteiger partial charge in [0.1, 0.15) is 65.5 Å². The molecule has 31 nitrogen and oxygen atoms in total. The smallest absolute Gasteiger partial charge is 0.410 e. The fourth-order valence-electron chi connectivity index (χ4n) is 14.6. The minimum atomic E-state index is -4.61. The van der Waals surface area contributed by atoms with E-state index in [1.807, 2.05) is 25.1 Å². The van der Waals surface area contributed by atoms with Gasteiger partial charge in [-0.1, -0.05) is 37.3 Å². The summed E-state index contributed by atoms with van der Waals surface area (Å²) in [5.41, 5.74) is 14.2. The molecule has 5 atom stereocenters. The fraction of sp³-hybridized carbons (Fsp3) is 0.648. The lowest BCUT2D eigenvalue weighted by Gasteiger charge is -2.29. The first-order valence-corrected chi connectivity index (χ1v) is 44.9. The molecule has 10 heterocycles. The first kappa shape index (κ1) is 107. The van der Waals surface area contributed by atoms with Gasteiger partial charge in [0.05, 0.1) is 94.3 Å².